The van der Waals surface area contributed by atoms with Crippen molar-refractivity contribution < 1.29 is 30.2 Å². The molecule has 0 atom stereocenters. The molecule has 0 N–H and O–H groups in total. The van der Waals surface area contributed by atoms with E-state index < -0.39 is 0 Å². The first-order valence-electron chi connectivity index (χ1n) is 20.6. The van der Waals surface area contributed by atoms with Crippen LogP contribution < -0.4 is 14.5 Å². The summed E-state index contributed by atoms with van der Waals surface area (Å²) in [6.07, 6.45) is 1.85. The van der Waals surface area contributed by atoms with Gasteiger partial charge in [-0.1, -0.05) is 110 Å². The Labute approximate surface area is 374 Å². The van der Waals surface area contributed by atoms with Gasteiger partial charge in [0.25, 0.3) is 0 Å². The van der Waals surface area contributed by atoms with Crippen LogP contribution in [0.4, 0.5) is 27.1 Å². The van der Waals surface area contributed by atoms with Gasteiger partial charge in [0, 0.05) is 61.3 Å². The Morgan fingerprint density at radius 2 is 1.31 bits per heavy atom. The molecule has 0 fully saturated rings. The van der Waals surface area contributed by atoms with E-state index in [9.17, 15) is 4.39 Å². The van der Waals surface area contributed by atoms with Crippen LogP contribution in [-0.4, -0.2) is 9.55 Å². The molecule has 312 valence electrons. The number of rotatable bonds is 6. The number of para-hydroxylation sites is 2. The number of benzene rings is 6. The second-order valence-corrected chi connectivity index (χ2v) is 18.9. The molecule has 0 saturated heterocycles. The molecule has 0 unspecified atom stereocenters. The van der Waals surface area contributed by atoms with Gasteiger partial charge in [-0.25, -0.2) is 9.37 Å². The number of anilines is 4. The Balaban J connectivity index is 0.00000514. The molecular weight excluding hydrogens is 935 g/mol. The van der Waals surface area contributed by atoms with Crippen LogP contribution in [0.15, 0.2) is 134 Å². The van der Waals surface area contributed by atoms with E-state index >= 15 is 0 Å². The largest absolute Gasteiger partial charge is 0.509 e. The number of halogens is 1. The van der Waals surface area contributed by atoms with Crippen molar-refractivity contribution >= 4 is 44.6 Å². The van der Waals surface area contributed by atoms with Crippen LogP contribution in [0.1, 0.15) is 79.0 Å². The molecule has 61 heavy (non-hydrogen) atoms. The van der Waals surface area contributed by atoms with E-state index in [1.165, 1.54) is 22.8 Å². The first-order valence-corrected chi connectivity index (χ1v) is 20.6. The molecule has 0 aliphatic carbocycles. The second kappa shape index (κ2) is 15.6. The minimum absolute atomic E-state index is 0. The Morgan fingerprint density at radius 3 is 2.05 bits per heavy atom. The van der Waals surface area contributed by atoms with Gasteiger partial charge in [0.2, 0.25) is 0 Å². The first kappa shape index (κ1) is 42.0. The number of ether oxygens (including phenoxy) is 1. The molecule has 9 rings (SSSR count). The molecule has 0 saturated carbocycles. The third kappa shape index (κ3) is 7.99. The van der Waals surface area contributed by atoms with Crippen LogP contribution in [0, 0.1) is 24.6 Å². The summed E-state index contributed by atoms with van der Waals surface area (Å²) in [4.78, 5) is 9.27. The Hall–Kier alpha value is -5.71. The maximum Gasteiger partial charge on any atom is 0.136 e. The van der Waals surface area contributed by atoms with Gasteiger partial charge in [-0.05, 0) is 104 Å². The summed E-state index contributed by atoms with van der Waals surface area (Å²) in [5, 5.41) is 1.63. The Bertz CT molecular complexity index is 2930. The average Bonchev–Trinajstić information content (AvgIpc) is 3.76. The number of hydrogen-bond donors (Lipinski definition) is 0. The number of aromatic nitrogens is 2. The summed E-state index contributed by atoms with van der Waals surface area (Å²) in [6.45, 7) is 22.3. The SMILES string of the molecule is CC(C)(C)c1cccc(N2[CH-]N(c3[c-]c(Oc4[c-]c5c(cc4)c4cc(F)ccc4n5-c4cc(-c5ccc(C(C)(C)C)cc5C(C)(C)C)ccn4)ccc3)c3ccccc32)c1.[Pt]. The van der Waals surface area contributed by atoms with Gasteiger partial charge in [0.05, 0.1) is 0 Å². The van der Waals surface area contributed by atoms with Crippen LogP contribution in [0.2, 0.25) is 0 Å². The minimum Gasteiger partial charge on any atom is -0.509 e. The van der Waals surface area contributed by atoms with Gasteiger partial charge in [-0.15, -0.1) is 48.1 Å². The van der Waals surface area contributed by atoms with E-state index in [2.05, 4.69) is 174 Å². The number of hydrogen-bond acceptors (Lipinski definition) is 4. The fourth-order valence-electron chi connectivity index (χ4n) is 8.17. The maximum atomic E-state index is 14.9. The smallest absolute Gasteiger partial charge is 0.136 e. The Kier molecular flexibility index (Phi) is 10.8. The molecule has 6 aromatic carbocycles. The molecular formula is C54H50FN4OPt-3. The molecule has 1 aliphatic heterocycles. The third-order valence-corrected chi connectivity index (χ3v) is 11.4. The summed E-state index contributed by atoms with van der Waals surface area (Å²) in [5.41, 5.74) is 11.6. The van der Waals surface area contributed by atoms with Crippen molar-refractivity contribution in [1.82, 2.24) is 9.55 Å². The summed E-state index contributed by atoms with van der Waals surface area (Å²) < 4.78 is 23.5. The summed E-state index contributed by atoms with van der Waals surface area (Å²) in [7, 11) is 0. The van der Waals surface area contributed by atoms with Gasteiger partial charge in [0.1, 0.15) is 11.6 Å². The molecule has 1 aliphatic rings. The van der Waals surface area contributed by atoms with Crippen molar-refractivity contribution in [3.8, 4) is 28.4 Å². The quantitative estimate of drug-likeness (QED) is 0.156. The van der Waals surface area contributed by atoms with Crippen LogP contribution >= 0.6 is 0 Å². The molecule has 2 aromatic heterocycles. The fourth-order valence-corrected chi connectivity index (χ4v) is 8.17. The molecule has 3 heterocycles. The maximum absolute atomic E-state index is 14.9. The van der Waals surface area contributed by atoms with E-state index in [0.29, 0.717) is 17.3 Å². The van der Waals surface area contributed by atoms with Crippen LogP contribution in [0.3, 0.4) is 0 Å². The summed E-state index contributed by atoms with van der Waals surface area (Å²) >= 11 is 0. The van der Waals surface area contributed by atoms with Crippen LogP contribution in [-0.2, 0) is 37.3 Å². The summed E-state index contributed by atoms with van der Waals surface area (Å²) in [5.74, 6) is 1.46. The third-order valence-electron chi connectivity index (χ3n) is 11.4. The zero-order valence-corrected chi connectivity index (χ0v) is 38.4. The van der Waals surface area contributed by atoms with E-state index in [1.807, 2.05) is 42.6 Å². The van der Waals surface area contributed by atoms with E-state index in [-0.39, 0.29) is 43.1 Å². The van der Waals surface area contributed by atoms with E-state index in [1.54, 1.807) is 6.07 Å². The van der Waals surface area contributed by atoms with Gasteiger partial charge in [-0.2, -0.15) is 12.1 Å². The number of fused-ring (bicyclic) bond motifs is 4. The zero-order valence-electron chi connectivity index (χ0n) is 36.2. The molecule has 0 spiro atoms. The Morgan fingerprint density at radius 1 is 0.607 bits per heavy atom. The second-order valence-electron chi connectivity index (χ2n) is 18.9. The fraction of sp³-hybridized carbons (Fsp3) is 0.222. The predicted molar refractivity (Wildman–Crippen MR) is 246 cm³/mol. The normalized spacial score (nSPS) is 13.1. The van der Waals surface area contributed by atoms with Crippen molar-refractivity contribution in [1.29, 1.82) is 0 Å². The van der Waals surface area contributed by atoms with Gasteiger partial charge in [-0.3, -0.25) is 0 Å². The van der Waals surface area contributed by atoms with Crippen molar-refractivity contribution in [3.63, 3.8) is 0 Å². The predicted octanol–water partition coefficient (Wildman–Crippen LogP) is 14.7. The first-order chi connectivity index (χ1) is 28.5. The van der Waals surface area contributed by atoms with Crippen molar-refractivity contribution in [2.24, 2.45) is 0 Å². The summed E-state index contributed by atoms with van der Waals surface area (Å²) in [6, 6.07) is 49.9. The van der Waals surface area contributed by atoms with Gasteiger partial charge >= 0.3 is 0 Å². The van der Waals surface area contributed by atoms with Crippen molar-refractivity contribution in [3.05, 3.63) is 175 Å². The molecule has 0 radical (unpaired) electrons. The minimum atomic E-state index is -0.301. The molecule has 0 bridgehead atoms. The van der Waals surface area contributed by atoms with Crippen LogP contribution in [0.5, 0.6) is 11.5 Å². The molecule has 5 nitrogen and oxygen atoms in total. The topological polar surface area (TPSA) is 33.5 Å². The molecule has 0 amide bonds. The van der Waals surface area contributed by atoms with E-state index in [4.69, 9.17) is 9.72 Å². The number of nitrogens with zero attached hydrogens (tertiary/aromatic N) is 4. The molecule has 7 heteroatoms. The number of pyridine rings is 1. The average molecular weight is 985 g/mol. The zero-order chi connectivity index (χ0) is 42.1. The standard InChI is InChI=1S/C54H50FN4O.Pt/c1-52(2,3)36-14-12-15-39(29-36)57-34-58(49-19-11-10-18-48(49)57)40-16-13-17-41(32-40)60-42-22-24-44-45-31-38(55)21-25-47(45)59(50(44)33-42)51-28-35(26-27-56-51)43-23-20-37(53(4,5)6)30-46(43)54(7,8)9;/h10-31,34H,1-9H3;/q-3;. The monoisotopic (exact) mass is 984 g/mol. The van der Waals surface area contributed by atoms with Gasteiger partial charge in [0.15, 0.2) is 0 Å². The van der Waals surface area contributed by atoms with Crippen LogP contribution in [0.25, 0.3) is 38.8 Å². The van der Waals surface area contributed by atoms with Crippen molar-refractivity contribution in [2.75, 3.05) is 9.80 Å². The van der Waals surface area contributed by atoms with Gasteiger partial charge < -0.3 is 19.1 Å². The van der Waals surface area contributed by atoms with Crippen molar-refractivity contribution in [2.45, 2.75) is 78.6 Å². The molecule has 8 aromatic rings. The van der Waals surface area contributed by atoms with E-state index in [0.717, 1.165) is 55.7 Å².